The summed E-state index contributed by atoms with van der Waals surface area (Å²) in [5, 5.41) is 0. The molecule has 90 valence electrons. The van der Waals surface area contributed by atoms with E-state index in [4.69, 9.17) is 9.47 Å². The van der Waals surface area contributed by atoms with E-state index in [2.05, 4.69) is 5.43 Å². The Labute approximate surface area is 101 Å². The lowest BCUT2D eigenvalue weighted by Crippen LogP contribution is -2.11. The van der Waals surface area contributed by atoms with Crippen LogP contribution >= 0.6 is 0 Å². The summed E-state index contributed by atoms with van der Waals surface area (Å²) >= 11 is 0. The van der Waals surface area contributed by atoms with Crippen LogP contribution in [0, 0.1) is 0 Å². The molecule has 17 heavy (non-hydrogen) atoms. The van der Waals surface area contributed by atoms with Gasteiger partial charge in [0.15, 0.2) is 11.5 Å². The van der Waals surface area contributed by atoms with Gasteiger partial charge in [-0.15, -0.1) is 0 Å². The van der Waals surface area contributed by atoms with Gasteiger partial charge < -0.3 is 14.9 Å². The molecule has 1 aromatic carbocycles. The van der Waals surface area contributed by atoms with E-state index in [0.29, 0.717) is 0 Å². The summed E-state index contributed by atoms with van der Waals surface area (Å²) in [6.07, 6.45) is 3.92. The topological polar surface area (TPSA) is 35.4 Å². The zero-order valence-electron chi connectivity index (χ0n) is 10.0. The SMILES string of the molecule is COc1ccc(CNn2cccc2)cc1OC. The zero-order chi connectivity index (χ0) is 12.1. The fraction of sp³-hybridized carbons (Fsp3) is 0.231. The fourth-order valence-corrected chi connectivity index (χ4v) is 1.61. The molecule has 4 nitrogen and oxygen atoms in total. The Balaban J connectivity index is 2.06. The highest BCUT2D eigenvalue weighted by Gasteiger charge is 2.03. The lowest BCUT2D eigenvalue weighted by molar-refractivity contribution is 0.354. The highest BCUT2D eigenvalue weighted by atomic mass is 16.5. The van der Waals surface area contributed by atoms with Gasteiger partial charge in [0.2, 0.25) is 0 Å². The average molecular weight is 232 g/mol. The quantitative estimate of drug-likeness (QED) is 0.858. The molecule has 0 bridgehead atoms. The molecule has 1 heterocycles. The molecule has 4 heteroatoms. The largest absolute Gasteiger partial charge is 0.493 e. The molecular weight excluding hydrogens is 216 g/mol. The molecule has 0 saturated carbocycles. The van der Waals surface area contributed by atoms with E-state index in [1.807, 2.05) is 47.4 Å². The van der Waals surface area contributed by atoms with Crippen LogP contribution in [0.3, 0.4) is 0 Å². The van der Waals surface area contributed by atoms with Gasteiger partial charge in [0.1, 0.15) is 0 Å². The highest BCUT2D eigenvalue weighted by molar-refractivity contribution is 5.43. The van der Waals surface area contributed by atoms with Crippen LogP contribution in [0.25, 0.3) is 0 Å². The first-order chi connectivity index (χ1) is 8.33. The number of nitrogens with one attached hydrogen (secondary N) is 1. The van der Waals surface area contributed by atoms with E-state index in [9.17, 15) is 0 Å². The molecule has 0 radical (unpaired) electrons. The van der Waals surface area contributed by atoms with Gasteiger partial charge in [-0.25, -0.2) is 0 Å². The lowest BCUT2D eigenvalue weighted by atomic mass is 10.2. The van der Waals surface area contributed by atoms with Gasteiger partial charge in [-0.05, 0) is 29.8 Å². The first-order valence-electron chi connectivity index (χ1n) is 5.41. The molecular formula is C13H16N2O2. The molecule has 1 N–H and O–H groups in total. The summed E-state index contributed by atoms with van der Waals surface area (Å²) in [4.78, 5) is 0. The Morgan fingerprint density at radius 3 is 2.41 bits per heavy atom. The van der Waals surface area contributed by atoms with Crippen LogP contribution in [0.15, 0.2) is 42.7 Å². The summed E-state index contributed by atoms with van der Waals surface area (Å²) < 4.78 is 12.4. The Kier molecular flexibility index (Phi) is 3.55. The smallest absolute Gasteiger partial charge is 0.161 e. The Hall–Kier alpha value is -2.10. The number of benzene rings is 1. The maximum Gasteiger partial charge on any atom is 0.161 e. The molecule has 0 saturated heterocycles. The van der Waals surface area contributed by atoms with E-state index in [-0.39, 0.29) is 0 Å². The molecule has 1 aromatic heterocycles. The average Bonchev–Trinajstić information content (AvgIpc) is 2.89. The first kappa shape index (κ1) is 11.4. The molecule has 0 aliphatic rings. The number of aromatic nitrogens is 1. The van der Waals surface area contributed by atoms with Gasteiger partial charge >= 0.3 is 0 Å². The number of ether oxygens (including phenoxy) is 2. The monoisotopic (exact) mass is 232 g/mol. The number of hydrogen-bond acceptors (Lipinski definition) is 3. The molecule has 0 aliphatic heterocycles. The number of hydrogen-bond donors (Lipinski definition) is 1. The van der Waals surface area contributed by atoms with Gasteiger partial charge in [-0.2, -0.15) is 0 Å². The minimum Gasteiger partial charge on any atom is -0.493 e. The standard InChI is InChI=1S/C13H16N2O2/c1-16-12-6-5-11(9-13(12)17-2)10-14-15-7-3-4-8-15/h3-9,14H,10H2,1-2H3. The molecule has 2 rings (SSSR count). The van der Waals surface area contributed by atoms with Crippen molar-refractivity contribution in [2.45, 2.75) is 6.54 Å². The van der Waals surface area contributed by atoms with Crippen molar-refractivity contribution in [1.82, 2.24) is 4.68 Å². The molecule has 2 aromatic rings. The lowest BCUT2D eigenvalue weighted by Gasteiger charge is -2.11. The Bertz CT molecular complexity index is 466. The van der Waals surface area contributed by atoms with Gasteiger partial charge in [0.05, 0.1) is 20.8 Å². The van der Waals surface area contributed by atoms with Crippen molar-refractivity contribution in [2.75, 3.05) is 19.6 Å². The fourth-order valence-electron chi connectivity index (χ4n) is 1.61. The Morgan fingerprint density at radius 2 is 1.76 bits per heavy atom. The van der Waals surface area contributed by atoms with Crippen molar-refractivity contribution >= 4 is 0 Å². The van der Waals surface area contributed by atoms with Gasteiger partial charge in [-0.3, -0.25) is 4.68 Å². The van der Waals surface area contributed by atoms with E-state index >= 15 is 0 Å². The van der Waals surface area contributed by atoms with Crippen LogP contribution in [0.4, 0.5) is 0 Å². The molecule has 0 aliphatic carbocycles. The van der Waals surface area contributed by atoms with Crippen molar-refractivity contribution in [3.05, 3.63) is 48.3 Å². The Morgan fingerprint density at radius 1 is 1.06 bits per heavy atom. The van der Waals surface area contributed by atoms with Crippen molar-refractivity contribution < 1.29 is 9.47 Å². The van der Waals surface area contributed by atoms with Crippen molar-refractivity contribution in [2.24, 2.45) is 0 Å². The summed E-state index contributed by atoms with van der Waals surface area (Å²) in [5.74, 6) is 1.50. The third-order valence-electron chi connectivity index (χ3n) is 2.52. The minimum absolute atomic E-state index is 0.731. The third kappa shape index (κ3) is 2.72. The summed E-state index contributed by atoms with van der Waals surface area (Å²) in [7, 11) is 3.27. The van der Waals surface area contributed by atoms with Crippen molar-refractivity contribution in [3.63, 3.8) is 0 Å². The predicted octanol–water partition coefficient (Wildman–Crippen LogP) is 2.25. The van der Waals surface area contributed by atoms with Crippen LogP contribution in [-0.4, -0.2) is 18.9 Å². The number of rotatable bonds is 5. The van der Waals surface area contributed by atoms with Gasteiger partial charge in [0, 0.05) is 12.4 Å². The van der Waals surface area contributed by atoms with Crippen LogP contribution in [0.1, 0.15) is 5.56 Å². The van der Waals surface area contributed by atoms with E-state index in [1.54, 1.807) is 14.2 Å². The third-order valence-corrected chi connectivity index (χ3v) is 2.52. The summed E-state index contributed by atoms with van der Waals surface area (Å²) in [6.45, 7) is 0.731. The number of nitrogens with zero attached hydrogens (tertiary/aromatic N) is 1. The highest BCUT2D eigenvalue weighted by Crippen LogP contribution is 2.27. The van der Waals surface area contributed by atoms with Gasteiger partial charge in [0.25, 0.3) is 0 Å². The van der Waals surface area contributed by atoms with Gasteiger partial charge in [-0.1, -0.05) is 6.07 Å². The van der Waals surface area contributed by atoms with E-state index in [1.165, 1.54) is 0 Å². The molecule has 0 amide bonds. The first-order valence-corrected chi connectivity index (χ1v) is 5.41. The maximum absolute atomic E-state index is 5.25. The van der Waals surface area contributed by atoms with Crippen LogP contribution in [-0.2, 0) is 6.54 Å². The number of methoxy groups -OCH3 is 2. The zero-order valence-corrected chi connectivity index (χ0v) is 10.0. The van der Waals surface area contributed by atoms with Crippen LogP contribution in [0.5, 0.6) is 11.5 Å². The molecule has 0 fully saturated rings. The molecule has 0 unspecified atom stereocenters. The van der Waals surface area contributed by atoms with Crippen LogP contribution in [0.2, 0.25) is 0 Å². The van der Waals surface area contributed by atoms with Crippen molar-refractivity contribution in [1.29, 1.82) is 0 Å². The normalized spacial score (nSPS) is 10.0. The van der Waals surface area contributed by atoms with E-state index in [0.717, 1.165) is 23.6 Å². The molecule has 0 atom stereocenters. The minimum atomic E-state index is 0.731. The molecule has 0 spiro atoms. The van der Waals surface area contributed by atoms with E-state index < -0.39 is 0 Å². The second-order valence-corrected chi connectivity index (χ2v) is 3.61. The second-order valence-electron chi connectivity index (χ2n) is 3.61. The maximum atomic E-state index is 5.25. The van der Waals surface area contributed by atoms with Crippen molar-refractivity contribution in [3.8, 4) is 11.5 Å². The van der Waals surface area contributed by atoms with Crippen LogP contribution < -0.4 is 14.9 Å². The summed E-state index contributed by atoms with van der Waals surface area (Å²) in [5.41, 5.74) is 4.39. The predicted molar refractivity (Wildman–Crippen MR) is 67.0 cm³/mol. The summed E-state index contributed by atoms with van der Waals surface area (Å²) in [6, 6.07) is 9.84. The second kappa shape index (κ2) is 5.30.